The molecule has 20 heavy (non-hydrogen) atoms. The number of hydrogen-bond donors (Lipinski definition) is 1. The second-order valence-electron chi connectivity index (χ2n) is 3.80. The van der Waals surface area contributed by atoms with E-state index in [2.05, 4.69) is 5.10 Å². The third-order valence-electron chi connectivity index (χ3n) is 2.42. The van der Waals surface area contributed by atoms with Crippen LogP contribution >= 0.6 is 0 Å². The fourth-order valence-corrected chi connectivity index (χ4v) is 2.26. The number of nitrogens with zero attached hydrogens (tertiary/aromatic N) is 1. The van der Waals surface area contributed by atoms with Crippen LogP contribution < -0.4 is 4.83 Å². The third kappa shape index (κ3) is 3.18. The van der Waals surface area contributed by atoms with Gasteiger partial charge in [-0.15, -0.1) is 0 Å². The van der Waals surface area contributed by atoms with Gasteiger partial charge in [0.15, 0.2) is 0 Å². The summed E-state index contributed by atoms with van der Waals surface area (Å²) < 4.78 is 50.1. The number of sulfonamides is 1. The molecule has 104 valence electrons. The molecule has 0 fully saturated rings. The van der Waals surface area contributed by atoms with Gasteiger partial charge in [-0.2, -0.15) is 13.5 Å². The first kappa shape index (κ1) is 14.1. The number of nitrogens with one attached hydrogen (secondary N) is 1. The summed E-state index contributed by atoms with van der Waals surface area (Å²) in [6.45, 7) is 0. The van der Waals surface area contributed by atoms with E-state index in [4.69, 9.17) is 0 Å². The number of halogens is 2. The van der Waals surface area contributed by atoms with Crippen LogP contribution in [0.2, 0.25) is 0 Å². The summed E-state index contributed by atoms with van der Waals surface area (Å²) >= 11 is 0. The first-order valence-electron chi connectivity index (χ1n) is 5.54. The van der Waals surface area contributed by atoms with Gasteiger partial charge in [0, 0.05) is 0 Å². The molecule has 0 saturated heterocycles. The van der Waals surface area contributed by atoms with Gasteiger partial charge in [-0.3, -0.25) is 0 Å². The molecule has 2 rings (SSSR count). The lowest BCUT2D eigenvalue weighted by atomic mass is 10.2. The molecule has 0 heterocycles. The van der Waals surface area contributed by atoms with Gasteiger partial charge in [0.05, 0.1) is 16.7 Å². The van der Waals surface area contributed by atoms with E-state index in [1.54, 1.807) is 18.2 Å². The van der Waals surface area contributed by atoms with Gasteiger partial charge < -0.3 is 0 Å². The van der Waals surface area contributed by atoms with E-state index in [9.17, 15) is 17.2 Å². The van der Waals surface area contributed by atoms with Crippen LogP contribution in [0.5, 0.6) is 0 Å². The van der Waals surface area contributed by atoms with E-state index in [0.717, 1.165) is 18.3 Å². The highest BCUT2D eigenvalue weighted by Gasteiger charge is 2.11. The Hall–Kier alpha value is -2.28. The molecule has 0 saturated carbocycles. The molecule has 0 spiro atoms. The molecule has 0 amide bonds. The Morgan fingerprint density at radius 2 is 1.55 bits per heavy atom. The van der Waals surface area contributed by atoms with Crippen LogP contribution in [-0.2, 0) is 10.0 Å². The van der Waals surface area contributed by atoms with Crippen molar-refractivity contribution in [1.82, 2.24) is 4.83 Å². The van der Waals surface area contributed by atoms with Crippen molar-refractivity contribution < 1.29 is 17.2 Å². The van der Waals surface area contributed by atoms with Crippen LogP contribution in [0.1, 0.15) is 5.56 Å². The highest BCUT2D eigenvalue weighted by atomic mass is 32.2. The van der Waals surface area contributed by atoms with Gasteiger partial charge in [-0.05, 0) is 24.3 Å². The normalized spacial score (nSPS) is 11.7. The van der Waals surface area contributed by atoms with Crippen LogP contribution in [0, 0.1) is 11.6 Å². The largest absolute Gasteiger partial charge is 0.276 e. The van der Waals surface area contributed by atoms with E-state index in [1.165, 1.54) is 18.2 Å². The molecular weight excluding hydrogens is 286 g/mol. The van der Waals surface area contributed by atoms with Gasteiger partial charge >= 0.3 is 0 Å². The molecule has 4 nitrogen and oxygen atoms in total. The number of hydrazone groups is 1. The van der Waals surface area contributed by atoms with Crippen LogP contribution in [0.3, 0.4) is 0 Å². The zero-order valence-corrected chi connectivity index (χ0v) is 10.9. The Labute approximate surface area is 114 Å². The van der Waals surface area contributed by atoms with Gasteiger partial charge in [0.25, 0.3) is 10.0 Å². The summed E-state index contributed by atoms with van der Waals surface area (Å²) in [6, 6.07) is 10.8. The highest BCUT2D eigenvalue weighted by Crippen LogP contribution is 2.10. The maximum Gasteiger partial charge on any atom is 0.276 e. The molecule has 0 aliphatic carbocycles. The van der Waals surface area contributed by atoms with Crippen molar-refractivity contribution in [3.8, 4) is 0 Å². The van der Waals surface area contributed by atoms with Gasteiger partial charge in [-0.1, -0.05) is 24.3 Å². The van der Waals surface area contributed by atoms with Crippen molar-refractivity contribution in [2.24, 2.45) is 5.10 Å². The van der Waals surface area contributed by atoms with E-state index < -0.39 is 27.2 Å². The second-order valence-corrected chi connectivity index (χ2v) is 5.46. The lowest BCUT2D eigenvalue weighted by Gasteiger charge is -2.03. The molecule has 0 unspecified atom stereocenters. The van der Waals surface area contributed by atoms with E-state index in [0.29, 0.717) is 0 Å². The van der Waals surface area contributed by atoms with Crippen molar-refractivity contribution in [1.29, 1.82) is 0 Å². The SMILES string of the molecule is O=S(=O)(NN=Cc1c(F)cccc1F)c1ccccc1. The Kier molecular flexibility index (Phi) is 4.09. The molecule has 7 heteroatoms. The van der Waals surface area contributed by atoms with Crippen LogP contribution in [0.15, 0.2) is 58.5 Å². The topological polar surface area (TPSA) is 58.5 Å². The first-order chi connectivity index (χ1) is 9.50. The average molecular weight is 296 g/mol. The Morgan fingerprint density at radius 3 is 2.15 bits per heavy atom. The quantitative estimate of drug-likeness (QED) is 0.695. The number of benzene rings is 2. The van der Waals surface area contributed by atoms with E-state index in [1.807, 2.05) is 4.83 Å². The molecule has 0 radical (unpaired) electrons. The van der Waals surface area contributed by atoms with E-state index in [-0.39, 0.29) is 4.90 Å². The molecule has 2 aromatic carbocycles. The second kappa shape index (κ2) is 5.79. The summed E-state index contributed by atoms with van der Waals surface area (Å²) in [5.41, 5.74) is -0.414. The lowest BCUT2D eigenvalue weighted by molar-refractivity contribution is 0.577. The minimum atomic E-state index is -3.85. The predicted molar refractivity (Wildman–Crippen MR) is 70.7 cm³/mol. The summed E-state index contributed by atoms with van der Waals surface area (Å²) in [4.78, 5) is 1.89. The van der Waals surface area contributed by atoms with Crippen LogP contribution in [0.25, 0.3) is 0 Å². The fraction of sp³-hybridized carbons (Fsp3) is 0. The Morgan fingerprint density at radius 1 is 0.950 bits per heavy atom. The molecule has 0 aliphatic rings. The molecule has 1 N–H and O–H groups in total. The minimum Gasteiger partial charge on any atom is -0.206 e. The van der Waals surface area contributed by atoms with Gasteiger partial charge in [0.2, 0.25) is 0 Å². The monoisotopic (exact) mass is 296 g/mol. The molecule has 0 bridgehead atoms. The molecule has 0 atom stereocenters. The van der Waals surface area contributed by atoms with Crippen LogP contribution in [0.4, 0.5) is 8.78 Å². The summed E-state index contributed by atoms with van der Waals surface area (Å²) in [6.07, 6.45) is 0.783. The van der Waals surface area contributed by atoms with Gasteiger partial charge in [0.1, 0.15) is 11.6 Å². The van der Waals surface area contributed by atoms with Crippen molar-refractivity contribution in [2.45, 2.75) is 4.90 Å². The van der Waals surface area contributed by atoms with Crippen molar-refractivity contribution >= 4 is 16.2 Å². The maximum absolute atomic E-state index is 13.3. The van der Waals surface area contributed by atoms with Gasteiger partial charge in [-0.25, -0.2) is 13.6 Å². The van der Waals surface area contributed by atoms with Crippen molar-refractivity contribution in [3.05, 3.63) is 65.7 Å². The standard InChI is InChI=1S/C13H10F2N2O2S/c14-12-7-4-8-13(15)11(12)9-16-17-20(18,19)10-5-2-1-3-6-10/h1-9,17H. The molecular formula is C13H10F2N2O2S. The zero-order chi connectivity index (χ0) is 14.6. The van der Waals surface area contributed by atoms with E-state index >= 15 is 0 Å². The Bertz CT molecular complexity index is 711. The predicted octanol–water partition coefficient (Wildman–Crippen LogP) is 2.28. The first-order valence-corrected chi connectivity index (χ1v) is 7.03. The van der Waals surface area contributed by atoms with Crippen LogP contribution in [-0.4, -0.2) is 14.6 Å². The molecule has 0 aliphatic heterocycles. The smallest absolute Gasteiger partial charge is 0.206 e. The highest BCUT2D eigenvalue weighted by molar-refractivity contribution is 7.89. The minimum absolute atomic E-state index is 0.00570. The number of rotatable bonds is 4. The average Bonchev–Trinajstić information content (AvgIpc) is 2.43. The van der Waals surface area contributed by atoms with Crippen molar-refractivity contribution in [2.75, 3.05) is 0 Å². The zero-order valence-electron chi connectivity index (χ0n) is 10.1. The summed E-state index contributed by atoms with van der Waals surface area (Å²) in [7, 11) is -3.85. The summed E-state index contributed by atoms with van der Waals surface area (Å²) in [5.74, 6) is -1.65. The maximum atomic E-state index is 13.3. The van der Waals surface area contributed by atoms with Crippen molar-refractivity contribution in [3.63, 3.8) is 0 Å². The number of hydrogen-bond acceptors (Lipinski definition) is 3. The molecule has 2 aromatic rings. The Balaban J connectivity index is 2.19. The fourth-order valence-electron chi connectivity index (χ4n) is 1.45. The summed E-state index contributed by atoms with van der Waals surface area (Å²) in [5, 5.41) is 3.37. The third-order valence-corrected chi connectivity index (χ3v) is 3.66. The molecule has 0 aromatic heterocycles. The lowest BCUT2D eigenvalue weighted by Crippen LogP contribution is -2.18.